The number of hydrogen-bond donors (Lipinski definition) is 0. The van der Waals surface area contributed by atoms with Crippen molar-refractivity contribution >= 4 is 0 Å². The van der Waals surface area contributed by atoms with Crippen molar-refractivity contribution in [2.75, 3.05) is 13.2 Å². The Morgan fingerprint density at radius 3 is 1.61 bits per heavy atom. The summed E-state index contributed by atoms with van der Waals surface area (Å²) in [7, 11) is 0. The summed E-state index contributed by atoms with van der Waals surface area (Å²) in [6.07, 6.45) is 19.1. The molecule has 0 spiro atoms. The van der Waals surface area contributed by atoms with E-state index in [2.05, 4.69) is 13.8 Å². The average Bonchev–Trinajstić information content (AvgIpc) is 2.74. The molecule has 28 heavy (non-hydrogen) atoms. The van der Waals surface area contributed by atoms with Crippen molar-refractivity contribution in [1.82, 2.24) is 0 Å². The summed E-state index contributed by atoms with van der Waals surface area (Å²) in [6.45, 7) is 6.17. The maximum Gasteiger partial charge on any atom is 0.119 e. The lowest BCUT2D eigenvalue weighted by molar-refractivity contribution is 0.228. The minimum atomic E-state index is 0.815. The highest BCUT2D eigenvalue weighted by atomic mass is 16.5. The highest BCUT2D eigenvalue weighted by molar-refractivity contribution is 5.31. The summed E-state index contributed by atoms with van der Waals surface area (Å²) in [5.74, 6) is 3.88. The molecule has 0 heterocycles. The van der Waals surface area contributed by atoms with Crippen LogP contribution >= 0.6 is 0 Å². The van der Waals surface area contributed by atoms with Gasteiger partial charge in [0.05, 0.1) is 13.2 Å². The third-order valence-corrected chi connectivity index (χ3v) is 6.30. The zero-order valence-corrected chi connectivity index (χ0v) is 18.6. The molecule has 2 heteroatoms. The molecular weight excluding hydrogens is 344 g/mol. The number of benzene rings is 1. The predicted octanol–water partition coefficient (Wildman–Crippen LogP) is 8.19. The standard InChI is InChI=1S/C26H44O2/c1-3-5-7-8-11-23-13-15-24(16-14-23)12-10-22-28-26-19-17-25(18-20-26)27-21-9-6-4-2/h17-20,23-24H,3-16,21-22H2,1-2H3/t23-,24-. The van der Waals surface area contributed by atoms with E-state index in [9.17, 15) is 0 Å². The van der Waals surface area contributed by atoms with E-state index in [-0.39, 0.29) is 0 Å². The van der Waals surface area contributed by atoms with Crippen LogP contribution in [-0.4, -0.2) is 13.2 Å². The van der Waals surface area contributed by atoms with Crippen LogP contribution in [0.5, 0.6) is 11.5 Å². The average molecular weight is 389 g/mol. The third kappa shape index (κ3) is 9.85. The highest BCUT2D eigenvalue weighted by Gasteiger charge is 2.20. The Labute approximate surface area is 174 Å². The lowest BCUT2D eigenvalue weighted by Gasteiger charge is -2.28. The molecule has 0 aromatic heterocycles. The summed E-state index contributed by atoms with van der Waals surface area (Å²) in [6, 6.07) is 8.14. The van der Waals surface area contributed by atoms with Gasteiger partial charge in [-0.05, 0) is 55.4 Å². The van der Waals surface area contributed by atoms with Gasteiger partial charge in [0.2, 0.25) is 0 Å². The molecule has 2 nitrogen and oxygen atoms in total. The molecule has 1 aromatic carbocycles. The molecule has 0 radical (unpaired) electrons. The monoisotopic (exact) mass is 388 g/mol. The van der Waals surface area contributed by atoms with E-state index in [0.717, 1.165) is 43.0 Å². The molecule has 0 N–H and O–H groups in total. The number of hydrogen-bond acceptors (Lipinski definition) is 2. The van der Waals surface area contributed by atoms with Crippen molar-refractivity contribution in [1.29, 1.82) is 0 Å². The molecule has 1 aromatic rings. The Hall–Kier alpha value is -1.18. The Bertz CT molecular complexity index is 474. The first-order valence-corrected chi connectivity index (χ1v) is 12.2. The van der Waals surface area contributed by atoms with Crippen molar-refractivity contribution in [3.8, 4) is 11.5 Å². The molecule has 2 rings (SSSR count). The van der Waals surface area contributed by atoms with Gasteiger partial charge in [0, 0.05) is 0 Å². The fourth-order valence-corrected chi connectivity index (χ4v) is 4.40. The number of ether oxygens (including phenoxy) is 2. The van der Waals surface area contributed by atoms with Crippen molar-refractivity contribution in [3.63, 3.8) is 0 Å². The van der Waals surface area contributed by atoms with Gasteiger partial charge in [-0.1, -0.05) is 84.5 Å². The van der Waals surface area contributed by atoms with Crippen LogP contribution in [0.4, 0.5) is 0 Å². The van der Waals surface area contributed by atoms with E-state index >= 15 is 0 Å². The zero-order valence-electron chi connectivity index (χ0n) is 18.6. The second-order valence-corrected chi connectivity index (χ2v) is 8.75. The zero-order chi connectivity index (χ0) is 19.9. The van der Waals surface area contributed by atoms with E-state index in [1.807, 2.05) is 24.3 Å². The van der Waals surface area contributed by atoms with Crippen LogP contribution in [0.25, 0.3) is 0 Å². The molecule has 1 fully saturated rings. The minimum Gasteiger partial charge on any atom is -0.494 e. The minimum absolute atomic E-state index is 0.815. The summed E-state index contributed by atoms with van der Waals surface area (Å²) in [5.41, 5.74) is 0. The van der Waals surface area contributed by atoms with Gasteiger partial charge in [-0.2, -0.15) is 0 Å². The van der Waals surface area contributed by atoms with Gasteiger partial charge in [-0.25, -0.2) is 0 Å². The fraction of sp³-hybridized carbons (Fsp3) is 0.769. The van der Waals surface area contributed by atoms with Gasteiger partial charge in [-0.15, -0.1) is 0 Å². The largest absolute Gasteiger partial charge is 0.494 e. The predicted molar refractivity (Wildman–Crippen MR) is 120 cm³/mol. The second kappa shape index (κ2) is 14.8. The first-order valence-electron chi connectivity index (χ1n) is 12.2. The maximum absolute atomic E-state index is 5.94. The summed E-state index contributed by atoms with van der Waals surface area (Å²) >= 11 is 0. The van der Waals surface area contributed by atoms with Crippen molar-refractivity contribution in [2.24, 2.45) is 11.8 Å². The van der Waals surface area contributed by atoms with Crippen LogP contribution in [0, 0.1) is 11.8 Å². The fourth-order valence-electron chi connectivity index (χ4n) is 4.40. The van der Waals surface area contributed by atoms with E-state index in [1.54, 1.807) is 0 Å². The molecule has 1 aliphatic rings. The quantitative estimate of drug-likeness (QED) is 0.282. The van der Waals surface area contributed by atoms with Crippen molar-refractivity contribution in [3.05, 3.63) is 24.3 Å². The van der Waals surface area contributed by atoms with E-state index in [1.165, 1.54) is 83.5 Å². The molecule has 0 amide bonds. The Morgan fingerprint density at radius 1 is 0.607 bits per heavy atom. The van der Waals surface area contributed by atoms with Crippen LogP contribution in [-0.2, 0) is 0 Å². The van der Waals surface area contributed by atoms with Gasteiger partial charge < -0.3 is 9.47 Å². The first-order chi connectivity index (χ1) is 13.8. The van der Waals surface area contributed by atoms with Crippen LogP contribution < -0.4 is 9.47 Å². The molecule has 1 aliphatic carbocycles. The Kier molecular flexibility index (Phi) is 12.2. The summed E-state index contributed by atoms with van der Waals surface area (Å²) in [5, 5.41) is 0. The van der Waals surface area contributed by atoms with Gasteiger partial charge in [0.15, 0.2) is 0 Å². The smallest absolute Gasteiger partial charge is 0.119 e. The van der Waals surface area contributed by atoms with Gasteiger partial charge >= 0.3 is 0 Å². The molecule has 1 saturated carbocycles. The van der Waals surface area contributed by atoms with E-state index in [4.69, 9.17) is 9.47 Å². The molecule has 0 bridgehead atoms. The molecule has 160 valence electrons. The summed E-state index contributed by atoms with van der Waals surface area (Å²) in [4.78, 5) is 0. The molecule has 0 atom stereocenters. The Balaban J connectivity index is 1.50. The Morgan fingerprint density at radius 2 is 1.07 bits per heavy atom. The van der Waals surface area contributed by atoms with Crippen molar-refractivity contribution < 1.29 is 9.47 Å². The second-order valence-electron chi connectivity index (χ2n) is 8.75. The van der Waals surface area contributed by atoms with E-state index < -0.39 is 0 Å². The van der Waals surface area contributed by atoms with Gasteiger partial charge in [-0.3, -0.25) is 0 Å². The van der Waals surface area contributed by atoms with Crippen LogP contribution in [0.2, 0.25) is 0 Å². The maximum atomic E-state index is 5.94. The highest BCUT2D eigenvalue weighted by Crippen LogP contribution is 2.34. The third-order valence-electron chi connectivity index (χ3n) is 6.30. The van der Waals surface area contributed by atoms with Crippen LogP contribution in [0.3, 0.4) is 0 Å². The van der Waals surface area contributed by atoms with Crippen LogP contribution in [0.15, 0.2) is 24.3 Å². The molecule has 0 unspecified atom stereocenters. The lowest BCUT2D eigenvalue weighted by atomic mass is 9.78. The molecular formula is C26H44O2. The lowest BCUT2D eigenvalue weighted by Crippen LogP contribution is -2.15. The van der Waals surface area contributed by atoms with E-state index in [0.29, 0.717) is 0 Å². The summed E-state index contributed by atoms with van der Waals surface area (Å²) < 4.78 is 11.7. The number of unbranched alkanes of at least 4 members (excludes halogenated alkanes) is 5. The van der Waals surface area contributed by atoms with Crippen LogP contribution in [0.1, 0.15) is 104 Å². The first kappa shape index (κ1) is 23.1. The van der Waals surface area contributed by atoms with Gasteiger partial charge in [0.25, 0.3) is 0 Å². The normalized spacial score (nSPS) is 19.5. The topological polar surface area (TPSA) is 18.5 Å². The molecule has 0 aliphatic heterocycles. The SMILES string of the molecule is CCCCCC[C@H]1CC[C@H](CCCOc2ccc(OCCCCC)cc2)CC1. The van der Waals surface area contributed by atoms with Crippen molar-refractivity contribution in [2.45, 2.75) is 104 Å². The van der Waals surface area contributed by atoms with Gasteiger partial charge in [0.1, 0.15) is 11.5 Å². The molecule has 0 saturated heterocycles. The number of rotatable bonds is 15.